The summed E-state index contributed by atoms with van der Waals surface area (Å²) in [5, 5.41) is 12.6. The lowest BCUT2D eigenvalue weighted by Gasteiger charge is -2.26. The number of hydrogen-bond acceptors (Lipinski definition) is 3. The standard InChI is InChI=1S/C11H24N2O2/c1-5-9(12)10(14)13-7-11(4,15)6-8(2)3/h8-9,15H,5-7,12H2,1-4H3,(H,13,14)/t9-,11?/m1/s1. The van der Waals surface area contributed by atoms with Crippen LogP contribution in [0, 0.1) is 5.92 Å². The molecule has 0 aromatic rings. The molecule has 1 amide bonds. The Kier molecular flexibility index (Phi) is 5.83. The van der Waals surface area contributed by atoms with Crippen molar-refractivity contribution in [3.8, 4) is 0 Å². The zero-order valence-corrected chi connectivity index (χ0v) is 10.2. The summed E-state index contributed by atoms with van der Waals surface area (Å²) in [4.78, 5) is 11.4. The van der Waals surface area contributed by atoms with Gasteiger partial charge in [0.1, 0.15) is 0 Å². The number of carbonyl (C=O) groups is 1. The first-order valence-corrected chi connectivity index (χ1v) is 5.54. The number of amides is 1. The third kappa shape index (κ3) is 6.47. The quantitative estimate of drug-likeness (QED) is 0.610. The Morgan fingerprint density at radius 3 is 2.47 bits per heavy atom. The van der Waals surface area contributed by atoms with Gasteiger partial charge in [-0.2, -0.15) is 0 Å². The Labute approximate surface area is 92.2 Å². The van der Waals surface area contributed by atoms with Crippen LogP contribution in [0.4, 0.5) is 0 Å². The second-order valence-corrected chi connectivity index (χ2v) is 4.83. The molecule has 0 aliphatic heterocycles. The molecular formula is C11H24N2O2. The molecule has 1 unspecified atom stereocenters. The van der Waals surface area contributed by atoms with Crippen LogP contribution in [0.1, 0.15) is 40.5 Å². The summed E-state index contributed by atoms with van der Waals surface area (Å²) in [6.07, 6.45) is 1.27. The molecule has 0 aliphatic carbocycles. The van der Waals surface area contributed by atoms with Gasteiger partial charge in [0.25, 0.3) is 0 Å². The molecule has 0 aromatic carbocycles. The summed E-state index contributed by atoms with van der Waals surface area (Å²) in [6, 6.07) is -0.472. The van der Waals surface area contributed by atoms with E-state index in [0.29, 0.717) is 18.8 Å². The maximum absolute atomic E-state index is 11.4. The Balaban J connectivity index is 3.98. The molecular weight excluding hydrogens is 192 g/mol. The number of nitrogens with one attached hydrogen (secondary N) is 1. The van der Waals surface area contributed by atoms with E-state index in [-0.39, 0.29) is 12.5 Å². The second kappa shape index (κ2) is 6.08. The molecule has 0 aliphatic rings. The van der Waals surface area contributed by atoms with Crippen molar-refractivity contribution in [2.45, 2.75) is 52.2 Å². The number of nitrogens with two attached hydrogens (primary N) is 1. The van der Waals surface area contributed by atoms with Gasteiger partial charge in [-0.1, -0.05) is 20.8 Å². The van der Waals surface area contributed by atoms with E-state index in [2.05, 4.69) is 5.32 Å². The average Bonchev–Trinajstić information content (AvgIpc) is 2.11. The van der Waals surface area contributed by atoms with Gasteiger partial charge >= 0.3 is 0 Å². The van der Waals surface area contributed by atoms with Crippen LogP contribution in [0.3, 0.4) is 0 Å². The third-order valence-corrected chi connectivity index (χ3v) is 2.27. The van der Waals surface area contributed by atoms with Crippen LogP contribution in [-0.4, -0.2) is 29.2 Å². The highest BCUT2D eigenvalue weighted by Crippen LogP contribution is 2.14. The molecule has 15 heavy (non-hydrogen) atoms. The predicted molar refractivity (Wildman–Crippen MR) is 61.4 cm³/mol. The molecule has 0 rings (SSSR count). The Morgan fingerprint density at radius 2 is 2.07 bits per heavy atom. The van der Waals surface area contributed by atoms with Gasteiger partial charge in [0.15, 0.2) is 0 Å². The van der Waals surface area contributed by atoms with Crippen LogP contribution in [0.15, 0.2) is 0 Å². The van der Waals surface area contributed by atoms with Gasteiger partial charge in [-0.25, -0.2) is 0 Å². The van der Waals surface area contributed by atoms with E-state index in [1.54, 1.807) is 6.92 Å². The first-order valence-electron chi connectivity index (χ1n) is 5.54. The molecule has 90 valence electrons. The van der Waals surface area contributed by atoms with E-state index in [1.165, 1.54) is 0 Å². The molecule has 4 heteroatoms. The SMILES string of the molecule is CC[C@@H](N)C(=O)NCC(C)(O)CC(C)C. The predicted octanol–water partition coefficient (Wildman–Crippen LogP) is 0.637. The molecule has 0 bridgehead atoms. The minimum absolute atomic E-state index is 0.193. The zero-order chi connectivity index (χ0) is 12.1. The van der Waals surface area contributed by atoms with Crippen LogP contribution in [0.25, 0.3) is 0 Å². The van der Waals surface area contributed by atoms with Crippen LogP contribution in [0.2, 0.25) is 0 Å². The topological polar surface area (TPSA) is 75.4 Å². The number of aliphatic hydroxyl groups is 1. The summed E-state index contributed by atoms with van der Waals surface area (Å²) in [6.45, 7) is 7.92. The lowest BCUT2D eigenvalue weighted by molar-refractivity contribution is -0.123. The smallest absolute Gasteiger partial charge is 0.237 e. The summed E-state index contributed by atoms with van der Waals surface area (Å²) < 4.78 is 0. The summed E-state index contributed by atoms with van der Waals surface area (Å²) in [5.74, 6) is 0.207. The number of carbonyl (C=O) groups excluding carboxylic acids is 1. The number of hydrogen-bond donors (Lipinski definition) is 3. The Hall–Kier alpha value is -0.610. The molecule has 0 spiro atoms. The molecule has 4 nitrogen and oxygen atoms in total. The minimum Gasteiger partial charge on any atom is -0.388 e. The van der Waals surface area contributed by atoms with Gasteiger partial charge in [0.2, 0.25) is 5.91 Å². The van der Waals surface area contributed by atoms with E-state index in [4.69, 9.17) is 5.73 Å². The molecule has 2 atom stereocenters. The van der Waals surface area contributed by atoms with Crippen LogP contribution in [0.5, 0.6) is 0 Å². The summed E-state index contributed by atoms with van der Waals surface area (Å²) >= 11 is 0. The van der Waals surface area contributed by atoms with Gasteiger partial charge in [0.05, 0.1) is 11.6 Å². The maximum atomic E-state index is 11.4. The van der Waals surface area contributed by atoms with Crippen molar-refractivity contribution < 1.29 is 9.90 Å². The van der Waals surface area contributed by atoms with Gasteiger partial charge in [-0.05, 0) is 25.7 Å². The van der Waals surface area contributed by atoms with Crippen molar-refractivity contribution in [2.75, 3.05) is 6.54 Å². The fraction of sp³-hybridized carbons (Fsp3) is 0.909. The van der Waals surface area contributed by atoms with Crippen molar-refractivity contribution in [3.05, 3.63) is 0 Å². The van der Waals surface area contributed by atoms with Crippen molar-refractivity contribution in [2.24, 2.45) is 11.7 Å². The van der Waals surface area contributed by atoms with E-state index >= 15 is 0 Å². The van der Waals surface area contributed by atoms with Crippen molar-refractivity contribution >= 4 is 5.91 Å². The monoisotopic (exact) mass is 216 g/mol. The molecule has 0 fully saturated rings. The van der Waals surface area contributed by atoms with Crippen LogP contribution in [-0.2, 0) is 4.79 Å². The average molecular weight is 216 g/mol. The van der Waals surface area contributed by atoms with Gasteiger partial charge in [0, 0.05) is 6.54 Å². The number of rotatable bonds is 6. The molecule has 0 heterocycles. The fourth-order valence-electron chi connectivity index (χ4n) is 1.55. The molecule has 0 saturated heterocycles. The normalized spacial score (nSPS) is 17.3. The highest BCUT2D eigenvalue weighted by atomic mass is 16.3. The first kappa shape index (κ1) is 14.4. The fourth-order valence-corrected chi connectivity index (χ4v) is 1.55. The summed E-state index contributed by atoms with van der Waals surface area (Å²) in [7, 11) is 0. The van der Waals surface area contributed by atoms with Gasteiger partial charge in [-0.15, -0.1) is 0 Å². The summed E-state index contributed by atoms with van der Waals surface area (Å²) in [5.41, 5.74) is 4.70. The van der Waals surface area contributed by atoms with Crippen molar-refractivity contribution in [1.82, 2.24) is 5.32 Å². The molecule has 0 radical (unpaired) electrons. The largest absolute Gasteiger partial charge is 0.388 e. The van der Waals surface area contributed by atoms with Crippen molar-refractivity contribution in [1.29, 1.82) is 0 Å². The van der Waals surface area contributed by atoms with Crippen LogP contribution >= 0.6 is 0 Å². The van der Waals surface area contributed by atoms with E-state index in [1.807, 2.05) is 20.8 Å². The molecule has 0 aromatic heterocycles. The van der Waals surface area contributed by atoms with Crippen molar-refractivity contribution in [3.63, 3.8) is 0 Å². The first-order chi connectivity index (χ1) is 6.78. The Bertz CT molecular complexity index is 203. The maximum Gasteiger partial charge on any atom is 0.237 e. The van der Waals surface area contributed by atoms with Crippen LogP contribution < -0.4 is 11.1 Å². The van der Waals surface area contributed by atoms with Gasteiger partial charge in [-0.3, -0.25) is 4.79 Å². The minimum atomic E-state index is -0.850. The lowest BCUT2D eigenvalue weighted by atomic mass is 9.94. The van der Waals surface area contributed by atoms with E-state index in [9.17, 15) is 9.90 Å². The lowest BCUT2D eigenvalue weighted by Crippen LogP contribution is -2.47. The Morgan fingerprint density at radius 1 is 1.53 bits per heavy atom. The molecule has 0 saturated carbocycles. The van der Waals surface area contributed by atoms with Gasteiger partial charge < -0.3 is 16.2 Å². The highest BCUT2D eigenvalue weighted by Gasteiger charge is 2.23. The second-order valence-electron chi connectivity index (χ2n) is 4.83. The third-order valence-electron chi connectivity index (χ3n) is 2.27. The zero-order valence-electron chi connectivity index (χ0n) is 10.2. The van der Waals surface area contributed by atoms with E-state index in [0.717, 1.165) is 0 Å². The highest BCUT2D eigenvalue weighted by molar-refractivity contribution is 5.81. The van der Waals surface area contributed by atoms with E-state index < -0.39 is 11.6 Å². The molecule has 4 N–H and O–H groups in total.